The maximum Gasteiger partial charge on any atom is 0.0406 e. The van der Waals surface area contributed by atoms with E-state index in [1.807, 2.05) is 12.1 Å². The molecule has 0 fully saturated rings. The lowest BCUT2D eigenvalue weighted by atomic mass is 10.1. The first-order valence-corrected chi connectivity index (χ1v) is 5.61. The lowest BCUT2D eigenvalue weighted by Gasteiger charge is -2.16. The SMILES string of the molecule is C[C@@H](NCCN(C)C)c1ccc(Cl)cc1. The van der Waals surface area contributed by atoms with Gasteiger partial charge in [0.1, 0.15) is 0 Å². The van der Waals surface area contributed by atoms with Gasteiger partial charge in [0.2, 0.25) is 0 Å². The van der Waals surface area contributed by atoms with Crippen molar-refractivity contribution in [3.8, 4) is 0 Å². The molecule has 0 saturated carbocycles. The molecule has 1 atom stereocenters. The van der Waals surface area contributed by atoms with Gasteiger partial charge in [-0.25, -0.2) is 0 Å². The number of likely N-dealkylation sites (N-methyl/N-ethyl adjacent to an activating group) is 1. The van der Waals surface area contributed by atoms with E-state index in [2.05, 4.69) is 43.4 Å². The molecular weight excluding hydrogens is 208 g/mol. The Bertz CT molecular complexity index is 282. The third-order valence-corrected chi connectivity index (χ3v) is 2.63. The number of nitrogens with one attached hydrogen (secondary N) is 1. The van der Waals surface area contributed by atoms with Gasteiger partial charge in [0, 0.05) is 24.2 Å². The zero-order chi connectivity index (χ0) is 11.3. The second-order valence-electron chi connectivity index (χ2n) is 4.03. The van der Waals surface area contributed by atoms with Gasteiger partial charge in [-0.15, -0.1) is 0 Å². The molecule has 0 aliphatic carbocycles. The van der Waals surface area contributed by atoms with Crippen molar-refractivity contribution in [2.75, 3.05) is 27.2 Å². The van der Waals surface area contributed by atoms with Gasteiger partial charge in [-0.05, 0) is 38.7 Å². The molecule has 84 valence electrons. The topological polar surface area (TPSA) is 15.3 Å². The molecule has 0 aromatic heterocycles. The van der Waals surface area contributed by atoms with E-state index in [9.17, 15) is 0 Å². The van der Waals surface area contributed by atoms with Gasteiger partial charge >= 0.3 is 0 Å². The van der Waals surface area contributed by atoms with Crippen LogP contribution < -0.4 is 5.32 Å². The lowest BCUT2D eigenvalue weighted by Crippen LogP contribution is -2.28. The van der Waals surface area contributed by atoms with Gasteiger partial charge in [-0.3, -0.25) is 0 Å². The summed E-state index contributed by atoms with van der Waals surface area (Å²) in [6, 6.07) is 8.37. The van der Waals surface area contributed by atoms with Gasteiger partial charge in [-0.2, -0.15) is 0 Å². The number of hydrogen-bond donors (Lipinski definition) is 1. The van der Waals surface area contributed by atoms with Gasteiger partial charge in [0.15, 0.2) is 0 Å². The Balaban J connectivity index is 2.40. The van der Waals surface area contributed by atoms with Gasteiger partial charge < -0.3 is 10.2 Å². The number of benzene rings is 1. The Hall–Kier alpha value is -0.570. The first-order chi connectivity index (χ1) is 7.09. The van der Waals surface area contributed by atoms with Crippen LogP contribution in [0, 0.1) is 0 Å². The molecule has 0 amide bonds. The van der Waals surface area contributed by atoms with Crippen LogP contribution in [0.1, 0.15) is 18.5 Å². The highest BCUT2D eigenvalue weighted by molar-refractivity contribution is 6.30. The number of halogens is 1. The fourth-order valence-electron chi connectivity index (χ4n) is 1.37. The molecule has 0 heterocycles. The summed E-state index contributed by atoms with van der Waals surface area (Å²) < 4.78 is 0. The van der Waals surface area contributed by atoms with E-state index in [4.69, 9.17) is 11.6 Å². The van der Waals surface area contributed by atoms with E-state index in [0.29, 0.717) is 6.04 Å². The summed E-state index contributed by atoms with van der Waals surface area (Å²) >= 11 is 5.84. The van der Waals surface area contributed by atoms with Crippen LogP contribution in [0.5, 0.6) is 0 Å². The Morgan fingerprint density at radius 3 is 2.40 bits per heavy atom. The second-order valence-corrected chi connectivity index (χ2v) is 4.47. The van der Waals surface area contributed by atoms with Crippen molar-refractivity contribution in [2.24, 2.45) is 0 Å². The Labute approximate surface area is 97.2 Å². The van der Waals surface area contributed by atoms with Crippen molar-refractivity contribution in [1.29, 1.82) is 0 Å². The summed E-state index contributed by atoms with van der Waals surface area (Å²) in [7, 11) is 4.16. The standard InChI is InChI=1S/C12H19ClN2/c1-10(14-8-9-15(2)3)11-4-6-12(13)7-5-11/h4-7,10,14H,8-9H2,1-3H3/t10-/m1/s1. The average Bonchev–Trinajstić information content (AvgIpc) is 2.18. The van der Waals surface area contributed by atoms with Crippen LogP contribution in [-0.2, 0) is 0 Å². The minimum absolute atomic E-state index is 0.377. The first-order valence-electron chi connectivity index (χ1n) is 5.23. The monoisotopic (exact) mass is 226 g/mol. The van der Waals surface area contributed by atoms with Crippen molar-refractivity contribution < 1.29 is 0 Å². The van der Waals surface area contributed by atoms with E-state index in [1.54, 1.807) is 0 Å². The molecule has 1 N–H and O–H groups in total. The molecular formula is C12H19ClN2. The van der Waals surface area contributed by atoms with Gasteiger partial charge in [0.25, 0.3) is 0 Å². The minimum Gasteiger partial charge on any atom is -0.309 e. The fourth-order valence-corrected chi connectivity index (χ4v) is 1.50. The minimum atomic E-state index is 0.377. The molecule has 0 unspecified atom stereocenters. The van der Waals surface area contributed by atoms with Crippen molar-refractivity contribution >= 4 is 11.6 Å². The second kappa shape index (κ2) is 6.11. The molecule has 0 spiro atoms. The molecule has 2 nitrogen and oxygen atoms in total. The molecule has 1 aromatic carbocycles. The Kier molecular flexibility index (Phi) is 5.09. The normalized spacial score (nSPS) is 13.1. The molecule has 0 saturated heterocycles. The molecule has 1 rings (SSSR count). The highest BCUT2D eigenvalue weighted by atomic mass is 35.5. The summed E-state index contributed by atoms with van der Waals surface area (Å²) in [4.78, 5) is 2.17. The Morgan fingerprint density at radius 2 is 1.87 bits per heavy atom. The van der Waals surface area contributed by atoms with Crippen molar-refractivity contribution in [1.82, 2.24) is 10.2 Å². The maximum absolute atomic E-state index is 5.84. The van der Waals surface area contributed by atoms with Crippen LogP contribution >= 0.6 is 11.6 Å². The Morgan fingerprint density at radius 1 is 1.27 bits per heavy atom. The molecule has 0 aliphatic rings. The van der Waals surface area contributed by atoms with E-state index in [0.717, 1.165) is 18.1 Å². The van der Waals surface area contributed by atoms with Crippen molar-refractivity contribution in [3.63, 3.8) is 0 Å². The van der Waals surface area contributed by atoms with Crippen LogP contribution in [0.25, 0.3) is 0 Å². The predicted molar refractivity (Wildman–Crippen MR) is 66.4 cm³/mol. The molecule has 3 heteroatoms. The summed E-state index contributed by atoms with van der Waals surface area (Å²) in [5, 5.41) is 4.26. The van der Waals surface area contributed by atoms with Crippen LogP contribution in [0.15, 0.2) is 24.3 Å². The van der Waals surface area contributed by atoms with Gasteiger partial charge in [-0.1, -0.05) is 23.7 Å². The largest absolute Gasteiger partial charge is 0.309 e. The summed E-state index contributed by atoms with van der Waals surface area (Å²) in [6.07, 6.45) is 0. The lowest BCUT2D eigenvalue weighted by molar-refractivity contribution is 0.389. The number of nitrogens with zero attached hydrogens (tertiary/aromatic N) is 1. The summed E-state index contributed by atoms with van der Waals surface area (Å²) in [5.41, 5.74) is 1.28. The zero-order valence-corrected chi connectivity index (χ0v) is 10.4. The first kappa shape index (κ1) is 12.5. The molecule has 15 heavy (non-hydrogen) atoms. The van der Waals surface area contributed by atoms with E-state index in [-0.39, 0.29) is 0 Å². The van der Waals surface area contributed by atoms with Crippen molar-refractivity contribution in [2.45, 2.75) is 13.0 Å². The summed E-state index contributed by atoms with van der Waals surface area (Å²) in [5.74, 6) is 0. The average molecular weight is 227 g/mol. The molecule has 0 radical (unpaired) electrons. The van der Waals surface area contributed by atoms with Crippen molar-refractivity contribution in [3.05, 3.63) is 34.9 Å². The highest BCUT2D eigenvalue weighted by Crippen LogP contribution is 2.15. The third-order valence-electron chi connectivity index (χ3n) is 2.38. The zero-order valence-electron chi connectivity index (χ0n) is 9.63. The molecule has 0 aliphatic heterocycles. The molecule has 1 aromatic rings. The fraction of sp³-hybridized carbons (Fsp3) is 0.500. The van der Waals surface area contributed by atoms with Crippen LogP contribution in [0.3, 0.4) is 0 Å². The van der Waals surface area contributed by atoms with E-state index >= 15 is 0 Å². The quantitative estimate of drug-likeness (QED) is 0.830. The van der Waals surface area contributed by atoms with Crippen LogP contribution in [-0.4, -0.2) is 32.1 Å². The number of rotatable bonds is 5. The smallest absolute Gasteiger partial charge is 0.0406 e. The highest BCUT2D eigenvalue weighted by Gasteiger charge is 2.03. The van der Waals surface area contributed by atoms with Crippen LogP contribution in [0.2, 0.25) is 5.02 Å². The van der Waals surface area contributed by atoms with Gasteiger partial charge in [0.05, 0.1) is 0 Å². The molecule has 0 bridgehead atoms. The third kappa shape index (κ3) is 4.65. The van der Waals surface area contributed by atoms with Crippen LogP contribution in [0.4, 0.5) is 0 Å². The predicted octanol–water partition coefficient (Wildman–Crippen LogP) is 2.55. The van der Waals surface area contributed by atoms with E-state index < -0.39 is 0 Å². The van der Waals surface area contributed by atoms with E-state index in [1.165, 1.54) is 5.56 Å². The maximum atomic E-state index is 5.84. The number of hydrogen-bond acceptors (Lipinski definition) is 2. The summed E-state index contributed by atoms with van der Waals surface area (Å²) in [6.45, 7) is 4.22.